The van der Waals surface area contributed by atoms with Crippen molar-refractivity contribution in [1.82, 2.24) is 19.5 Å². The summed E-state index contributed by atoms with van der Waals surface area (Å²) in [4.78, 5) is 12.4. The van der Waals surface area contributed by atoms with Crippen LogP contribution in [0, 0.1) is 0 Å². The lowest BCUT2D eigenvalue weighted by Gasteiger charge is -2.26. The molecule has 13 heteroatoms. The molecule has 3 aromatic rings. The highest BCUT2D eigenvalue weighted by Gasteiger charge is 2.54. The third-order valence-corrected chi connectivity index (χ3v) is 5.74. The molecule has 1 aliphatic heterocycles. The summed E-state index contributed by atoms with van der Waals surface area (Å²) in [6.45, 7) is 1.10. The highest BCUT2D eigenvalue weighted by atomic mass is 31.1. The van der Waals surface area contributed by atoms with Gasteiger partial charge >= 0.3 is 8.25 Å². The van der Waals surface area contributed by atoms with E-state index in [0.717, 1.165) is 0 Å². The molecule has 3 heterocycles. The van der Waals surface area contributed by atoms with Crippen LogP contribution >= 0.6 is 8.25 Å². The van der Waals surface area contributed by atoms with E-state index in [0.29, 0.717) is 17.1 Å². The van der Waals surface area contributed by atoms with Gasteiger partial charge in [-0.2, -0.15) is 9.97 Å². The molecule has 0 aliphatic carbocycles. The number of hydrogen-bond acceptors (Lipinski definition) is 10. The molecule has 0 amide bonds. The van der Waals surface area contributed by atoms with Crippen LogP contribution in [0.15, 0.2) is 36.7 Å². The average Bonchev–Trinajstić information content (AvgIpc) is 3.27. The molecule has 11 nitrogen and oxygen atoms in total. The Morgan fingerprint density at radius 1 is 1.39 bits per heavy atom. The Balaban J connectivity index is 1.52. The Hall–Kier alpha value is -2.79. The number of fused-ring (bicyclic) bond motifs is 1. The molecule has 4 rings (SSSR count). The SMILES string of the molecule is CNc1nc(N)nc2c1ncn2[C@@H]1O[C@](C)(CO[PH](=O)Oc2ccccc2)[C@@H](O)[C@H]1F. The number of ether oxygens (including phenoxy) is 1. The number of aromatic nitrogens is 4. The summed E-state index contributed by atoms with van der Waals surface area (Å²) < 4.78 is 44.8. The number of halogens is 1. The zero-order chi connectivity index (χ0) is 22.2. The number of aliphatic hydroxyl groups is 1. The fourth-order valence-corrected chi connectivity index (χ4v) is 4.14. The molecule has 5 atom stereocenters. The topological polar surface area (TPSA) is 147 Å². The predicted molar refractivity (Wildman–Crippen MR) is 111 cm³/mol. The van der Waals surface area contributed by atoms with Crippen LogP contribution in [0.5, 0.6) is 5.75 Å². The molecule has 1 unspecified atom stereocenters. The van der Waals surface area contributed by atoms with Crippen LogP contribution in [0.2, 0.25) is 0 Å². The maximum Gasteiger partial charge on any atom is 0.367 e. The third kappa shape index (κ3) is 4.07. The molecule has 1 fully saturated rings. The van der Waals surface area contributed by atoms with E-state index in [-0.39, 0.29) is 18.2 Å². The van der Waals surface area contributed by atoms with Crippen molar-refractivity contribution in [2.24, 2.45) is 0 Å². The van der Waals surface area contributed by atoms with Crippen molar-refractivity contribution >= 4 is 31.2 Å². The molecule has 0 saturated carbocycles. The summed E-state index contributed by atoms with van der Waals surface area (Å²) in [5.74, 6) is 0.710. The Morgan fingerprint density at radius 3 is 2.84 bits per heavy atom. The first-order valence-electron chi connectivity index (χ1n) is 9.40. The second-order valence-corrected chi connectivity index (χ2v) is 8.16. The normalized spacial score (nSPS) is 26.8. The summed E-state index contributed by atoms with van der Waals surface area (Å²) in [6.07, 6.45) is -3.33. The van der Waals surface area contributed by atoms with Crippen LogP contribution in [-0.4, -0.2) is 56.2 Å². The number of alkyl halides is 1. The van der Waals surface area contributed by atoms with Crippen LogP contribution in [0.4, 0.5) is 16.2 Å². The Kier molecular flexibility index (Phi) is 5.80. The van der Waals surface area contributed by atoms with Gasteiger partial charge in [0.1, 0.15) is 17.5 Å². The monoisotopic (exact) mass is 452 g/mol. The Bertz CT molecular complexity index is 1100. The van der Waals surface area contributed by atoms with E-state index < -0.39 is 32.4 Å². The molecule has 0 spiro atoms. The number of para-hydroxylation sites is 1. The van der Waals surface area contributed by atoms with E-state index >= 15 is 4.39 Å². The molecule has 4 N–H and O–H groups in total. The molecular formula is C18H22FN6O5P. The second kappa shape index (κ2) is 8.39. The Morgan fingerprint density at radius 2 is 2.13 bits per heavy atom. The second-order valence-electron chi connectivity index (χ2n) is 7.17. The van der Waals surface area contributed by atoms with Gasteiger partial charge in [0.2, 0.25) is 5.95 Å². The molecule has 0 radical (unpaired) electrons. The summed E-state index contributed by atoms with van der Waals surface area (Å²) in [5, 5.41) is 13.3. The van der Waals surface area contributed by atoms with E-state index in [1.807, 2.05) is 0 Å². The van der Waals surface area contributed by atoms with Crippen LogP contribution in [0.1, 0.15) is 13.2 Å². The molecule has 1 aromatic carbocycles. The van der Waals surface area contributed by atoms with Gasteiger partial charge in [-0.05, 0) is 19.1 Å². The maximum absolute atomic E-state index is 15.1. The minimum Gasteiger partial charge on any atom is -0.426 e. The zero-order valence-corrected chi connectivity index (χ0v) is 17.7. The molecule has 0 bridgehead atoms. The van der Waals surface area contributed by atoms with Crippen LogP contribution < -0.4 is 15.6 Å². The van der Waals surface area contributed by atoms with Gasteiger partial charge in [-0.1, -0.05) is 18.2 Å². The van der Waals surface area contributed by atoms with E-state index in [2.05, 4.69) is 20.3 Å². The number of nitrogens with one attached hydrogen (secondary N) is 1. The van der Waals surface area contributed by atoms with Gasteiger partial charge in [0.05, 0.1) is 12.9 Å². The standard InChI is InChI=1S/C18H22FN6O5P/c1-18(8-28-31(27)30-10-6-4-3-5-7-10)13(26)11(19)16(29-18)25-9-22-12-14(21-2)23-17(20)24-15(12)25/h3-7,9,11,13,16,26,31H,8H2,1-2H3,(H3,20,21,23,24)/t11-,13+,16-,18-/m1/s1. The van der Waals surface area contributed by atoms with Gasteiger partial charge < -0.3 is 25.4 Å². The lowest BCUT2D eigenvalue weighted by atomic mass is 9.99. The van der Waals surface area contributed by atoms with Gasteiger partial charge in [0, 0.05) is 7.05 Å². The summed E-state index contributed by atoms with van der Waals surface area (Å²) >= 11 is 0. The molecule has 1 aliphatic rings. The average molecular weight is 452 g/mol. The minimum absolute atomic E-state index is 0.0321. The largest absolute Gasteiger partial charge is 0.426 e. The minimum atomic E-state index is -2.95. The van der Waals surface area contributed by atoms with E-state index in [1.54, 1.807) is 37.4 Å². The van der Waals surface area contributed by atoms with Crippen molar-refractivity contribution in [3.8, 4) is 5.75 Å². The molecule has 31 heavy (non-hydrogen) atoms. The number of nitrogens with zero attached hydrogens (tertiary/aromatic N) is 4. The summed E-state index contributed by atoms with van der Waals surface area (Å²) in [5.41, 5.74) is 4.85. The maximum atomic E-state index is 15.1. The first-order chi connectivity index (χ1) is 14.8. The fourth-order valence-electron chi connectivity index (χ4n) is 3.34. The number of imidazole rings is 1. The van der Waals surface area contributed by atoms with E-state index in [9.17, 15) is 9.67 Å². The predicted octanol–water partition coefficient (Wildman–Crippen LogP) is 1.92. The van der Waals surface area contributed by atoms with Crippen molar-refractivity contribution in [3.05, 3.63) is 36.7 Å². The fraction of sp³-hybridized carbons (Fsp3) is 0.389. The third-order valence-electron chi connectivity index (χ3n) is 4.96. The quantitative estimate of drug-likeness (QED) is 0.454. The number of rotatable bonds is 7. The highest BCUT2D eigenvalue weighted by Crippen LogP contribution is 2.42. The van der Waals surface area contributed by atoms with Gasteiger partial charge in [0.15, 0.2) is 29.4 Å². The van der Waals surface area contributed by atoms with Crippen molar-refractivity contribution < 1.29 is 27.8 Å². The summed E-state index contributed by atoms with van der Waals surface area (Å²) in [7, 11) is -1.31. The molecular weight excluding hydrogens is 430 g/mol. The van der Waals surface area contributed by atoms with Crippen molar-refractivity contribution in [3.63, 3.8) is 0 Å². The molecule has 2 aromatic heterocycles. The number of aliphatic hydroxyl groups excluding tert-OH is 1. The number of anilines is 2. The number of hydrogen-bond donors (Lipinski definition) is 3. The highest BCUT2D eigenvalue weighted by molar-refractivity contribution is 7.33. The van der Waals surface area contributed by atoms with Crippen LogP contribution in [-0.2, 0) is 13.8 Å². The molecule has 1 saturated heterocycles. The van der Waals surface area contributed by atoms with Gasteiger partial charge in [-0.15, -0.1) is 0 Å². The van der Waals surface area contributed by atoms with Gasteiger partial charge in [0.25, 0.3) is 0 Å². The van der Waals surface area contributed by atoms with Crippen molar-refractivity contribution in [2.75, 3.05) is 24.7 Å². The van der Waals surface area contributed by atoms with E-state index in [4.69, 9.17) is 19.5 Å². The van der Waals surface area contributed by atoms with Crippen LogP contribution in [0.3, 0.4) is 0 Å². The Labute approximate surface area is 177 Å². The smallest absolute Gasteiger partial charge is 0.367 e. The van der Waals surface area contributed by atoms with Crippen molar-refractivity contribution in [1.29, 1.82) is 0 Å². The first-order valence-corrected chi connectivity index (χ1v) is 10.6. The number of benzene rings is 1. The van der Waals surface area contributed by atoms with Gasteiger partial charge in [-0.25, -0.2) is 13.9 Å². The first kappa shape index (κ1) is 21.4. The number of nitrogen functional groups attached to an aromatic ring is 1. The van der Waals surface area contributed by atoms with Gasteiger partial charge in [-0.3, -0.25) is 9.09 Å². The van der Waals surface area contributed by atoms with Crippen LogP contribution in [0.25, 0.3) is 11.2 Å². The lowest BCUT2D eigenvalue weighted by molar-refractivity contribution is -0.110. The van der Waals surface area contributed by atoms with Crippen molar-refractivity contribution in [2.45, 2.75) is 31.0 Å². The number of nitrogens with two attached hydrogens (primary N) is 1. The van der Waals surface area contributed by atoms with E-state index in [1.165, 1.54) is 17.8 Å². The zero-order valence-electron chi connectivity index (χ0n) is 16.7. The lowest BCUT2D eigenvalue weighted by Crippen LogP contribution is -2.42. The summed E-state index contributed by atoms with van der Waals surface area (Å²) in [6, 6.07) is 8.48. The molecule has 166 valence electrons.